The summed E-state index contributed by atoms with van der Waals surface area (Å²) in [6.45, 7) is 7.64. The molecular weight excluding hydrogens is 316 g/mol. The summed E-state index contributed by atoms with van der Waals surface area (Å²) in [5, 5.41) is 11.1. The molecule has 6 heteroatoms. The van der Waals surface area contributed by atoms with E-state index in [1.54, 1.807) is 14.0 Å². The number of aromatic nitrogens is 1. The minimum absolute atomic E-state index is 0.0912. The standard InChI is InChI=1S/C19H22N4O2/c1-6-9-18(2,3)16-21-13-10-12(7-8-14(13)25-16)19(4)11-15(24)23(5)17(20)22-19/h7-8,10H,11H2,1-5H3,(H2,20,22)/t19-/m0/s1. The quantitative estimate of drug-likeness (QED) is 0.825. The Morgan fingerprint density at radius 2 is 2.16 bits per heavy atom. The number of hydrogen-bond donors (Lipinski definition) is 2. The van der Waals surface area contributed by atoms with Crippen molar-refractivity contribution < 1.29 is 9.21 Å². The van der Waals surface area contributed by atoms with E-state index in [0.29, 0.717) is 11.5 Å². The number of nitrogens with one attached hydrogen (secondary N) is 2. The Morgan fingerprint density at radius 1 is 1.44 bits per heavy atom. The Labute approximate surface area is 147 Å². The average molecular weight is 338 g/mol. The van der Waals surface area contributed by atoms with Gasteiger partial charge in [0, 0.05) is 7.05 Å². The van der Waals surface area contributed by atoms with E-state index in [4.69, 9.17) is 9.83 Å². The summed E-state index contributed by atoms with van der Waals surface area (Å²) >= 11 is 0. The fraction of sp³-hybridized carbons (Fsp3) is 0.421. The third-order valence-electron chi connectivity index (χ3n) is 4.61. The minimum atomic E-state index is -0.646. The van der Waals surface area contributed by atoms with E-state index in [9.17, 15) is 4.79 Å². The summed E-state index contributed by atoms with van der Waals surface area (Å²) in [4.78, 5) is 18.1. The maximum absolute atomic E-state index is 12.2. The third-order valence-corrected chi connectivity index (χ3v) is 4.61. The molecule has 3 rings (SSSR count). The van der Waals surface area contributed by atoms with Gasteiger partial charge in [-0.1, -0.05) is 12.0 Å². The first-order valence-corrected chi connectivity index (χ1v) is 8.15. The summed E-state index contributed by atoms with van der Waals surface area (Å²) in [6, 6.07) is 5.68. The van der Waals surface area contributed by atoms with E-state index in [1.807, 2.05) is 39.0 Å². The van der Waals surface area contributed by atoms with E-state index in [1.165, 1.54) is 4.90 Å². The number of oxazole rings is 1. The molecule has 2 heterocycles. The second kappa shape index (κ2) is 5.62. The SMILES string of the molecule is CC#CC(C)(C)c1nc2cc([C@]3(C)CC(=O)N(C)C(=N)N3)ccc2o1. The molecular formula is C19H22N4O2. The van der Waals surface area contributed by atoms with Gasteiger partial charge in [0.1, 0.15) is 10.9 Å². The van der Waals surface area contributed by atoms with Gasteiger partial charge in [-0.25, -0.2) is 4.98 Å². The Kier molecular flexibility index (Phi) is 3.83. The highest BCUT2D eigenvalue weighted by Gasteiger charge is 2.38. The van der Waals surface area contributed by atoms with Crippen LogP contribution in [0.4, 0.5) is 0 Å². The molecule has 0 spiro atoms. The van der Waals surface area contributed by atoms with E-state index in [0.717, 1.165) is 11.1 Å². The summed E-state index contributed by atoms with van der Waals surface area (Å²) in [5.74, 6) is 6.59. The molecule has 1 aliphatic heterocycles. The Hall–Kier alpha value is -2.81. The molecule has 1 aromatic carbocycles. The maximum atomic E-state index is 12.2. The minimum Gasteiger partial charge on any atom is -0.439 e. The predicted octanol–water partition coefficient (Wildman–Crippen LogP) is 2.73. The zero-order valence-electron chi connectivity index (χ0n) is 15.2. The van der Waals surface area contributed by atoms with Crippen LogP contribution < -0.4 is 5.32 Å². The van der Waals surface area contributed by atoms with Gasteiger partial charge in [0.05, 0.1) is 12.0 Å². The molecule has 1 fully saturated rings. The van der Waals surface area contributed by atoms with E-state index >= 15 is 0 Å². The zero-order chi connectivity index (χ0) is 18.4. The first-order chi connectivity index (χ1) is 11.7. The molecule has 2 aromatic rings. The highest BCUT2D eigenvalue weighted by atomic mass is 16.3. The van der Waals surface area contributed by atoms with Crippen LogP contribution in [0.15, 0.2) is 22.6 Å². The molecule has 25 heavy (non-hydrogen) atoms. The molecule has 0 radical (unpaired) electrons. The molecule has 1 amide bonds. The number of guanidine groups is 1. The highest BCUT2D eigenvalue weighted by molar-refractivity contribution is 5.99. The van der Waals surface area contributed by atoms with Crippen LogP contribution in [0.25, 0.3) is 11.1 Å². The lowest BCUT2D eigenvalue weighted by Gasteiger charge is -2.39. The van der Waals surface area contributed by atoms with Crippen LogP contribution in [0.3, 0.4) is 0 Å². The number of amides is 1. The number of hydrogen-bond acceptors (Lipinski definition) is 4. The van der Waals surface area contributed by atoms with Crippen LogP contribution >= 0.6 is 0 Å². The van der Waals surface area contributed by atoms with E-state index in [2.05, 4.69) is 22.1 Å². The second-order valence-electron chi connectivity index (χ2n) is 7.14. The molecule has 2 N–H and O–H groups in total. The van der Waals surface area contributed by atoms with Crippen molar-refractivity contribution in [1.29, 1.82) is 5.41 Å². The van der Waals surface area contributed by atoms with Crippen molar-refractivity contribution in [3.05, 3.63) is 29.7 Å². The van der Waals surface area contributed by atoms with Crippen molar-refractivity contribution >= 4 is 23.0 Å². The molecule has 0 unspecified atom stereocenters. The number of nitrogens with zero attached hydrogens (tertiary/aromatic N) is 2. The number of fused-ring (bicyclic) bond motifs is 1. The van der Waals surface area contributed by atoms with Crippen molar-refractivity contribution in [2.45, 2.75) is 45.1 Å². The van der Waals surface area contributed by atoms with Crippen LogP contribution in [0.1, 0.15) is 45.6 Å². The fourth-order valence-corrected chi connectivity index (χ4v) is 3.01. The second-order valence-corrected chi connectivity index (χ2v) is 7.14. The molecule has 1 saturated heterocycles. The van der Waals surface area contributed by atoms with Crippen molar-refractivity contribution in [2.24, 2.45) is 0 Å². The predicted molar refractivity (Wildman–Crippen MR) is 96.1 cm³/mol. The van der Waals surface area contributed by atoms with Crippen LogP contribution in [0, 0.1) is 17.3 Å². The molecule has 6 nitrogen and oxygen atoms in total. The number of rotatable bonds is 2. The van der Waals surface area contributed by atoms with Crippen molar-refractivity contribution in [3.63, 3.8) is 0 Å². The Balaban J connectivity index is 2.03. The van der Waals surface area contributed by atoms with Gasteiger partial charge in [-0.05, 0) is 45.4 Å². The first kappa shape index (κ1) is 17.0. The van der Waals surface area contributed by atoms with E-state index < -0.39 is 11.0 Å². The van der Waals surface area contributed by atoms with Crippen LogP contribution in [-0.2, 0) is 15.7 Å². The van der Waals surface area contributed by atoms with Crippen LogP contribution in [-0.4, -0.2) is 28.8 Å². The molecule has 0 aliphatic carbocycles. The molecule has 1 atom stereocenters. The van der Waals surface area contributed by atoms with Gasteiger partial charge in [-0.2, -0.15) is 0 Å². The largest absolute Gasteiger partial charge is 0.439 e. The van der Waals surface area contributed by atoms with E-state index in [-0.39, 0.29) is 18.3 Å². The summed E-state index contributed by atoms with van der Waals surface area (Å²) in [6.07, 6.45) is 0.273. The molecule has 0 bridgehead atoms. The van der Waals surface area contributed by atoms with Gasteiger partial charge in [0.25, 0.3) is 0 Å². The van der Waals surface area contributed by atoms with Crippen LogP contribution in [0.5, 0.6) is 0 Å². The molecule has 130 valence electrons. The molecule has 1 aliphatic rings. The highest BCUT2D eigenvalue weighted by Crippen LogP contribution is 2.32. The van der Waals surface area contributed by atoms with Gasteiger partial charge >= 0.3 is 0 Å². The van der Waals surface area contributed by atoms with Gasteiger partial charge in [-0.3, -0.25) is 15.1 Å². The topological polar surface area (TPSA) is 82.2 Å². The molecule has 1 aromatic heterocycles. The normalized spacial score (nSPS) is 21.1. The van der Waals surface area contributed by atoms with Crippen molar-refractivity contribution in [2.75, 3.05) is 7.05 Å². The van der Waals surface area contributed by atoms with Crippen molar-refractivity contribution in [1.82, 2.24) is 15.2 Å². The maximum Gasteiger partial charge on any atom is 0.231 e. The Morgan fingerprint density at radius 3 is 2.80 bits per heavy atom. The lowest BCUT2D eigenvalue weighted by molar-refractivity contribution is -0.129. The van der Waals surface area contributed by atoms with Gasteiger partial charge in [0.15, 0.2) is 11.5 Å². The van der Waals surface area contributed by atoms with Gasteiger partial charge < -0.3 is 9.73 Å². The number of carbonyl (C=O) groups is 1. The van der Waals surface area contributed by atoms with Crippen LogP contribution in [0.2, 0.25) is 0 Å². The fourth-order valence-electron chi connectivity index (χ4n) is 3.01. The monoisotopic (exact) mass is 338 g/mol. The number of carbonyl (C=O) groups excluding carboxylic acids is 1. The van der Waals surface area contributed by atoms with Gasteiger partial charge in [-0.15, -0.1) is 5.92 Å². The summed E-state index contributed by atoms with van der Waals surface area (Å²) in [5.41, 5.74) is 1.18. The third kappa shape index (κ3) is 2.86. The lowest BCUT2D eigenvalue weighted by atomic mass is 9.86. The summed E-state index contributed by atoms with van der Waals surface area (Å²) < 4.78 is 5.87. The zero-order valence-corrected chi connectivity index (χ0v) is 15.2. The smallest absolute Gasteiger partial charge is 0.231 e. The average Bonchev–Trinajstić information content (AvgIpc) is 2.96. The van der Waals surface area contributed by atoms with Gasteiger partial charge in [0.2, 0.25) is 11.8 Å². The first-order valence-electron chi connectivity index (χ1n) is 8.15. The molecule has 0 saturated carbocycles. The Bertz CT molecular complexity index is 912. The van der Waals surface area contributed by atoms with Crippen molar-refractivity contribution in [3.8, 4) is 11.8 Å². The number of benzene rings is 1. The summed E-state index contributed by atoms with van der Waals surface area (Å²) in [7, 11) is 1.60. The lowest BCUT2D eigenvalue weighted by Crippen LogP contribution is -2.58.